The molecule has 1 fully saturated rings. The third kappa shape index (κ3) is 20.4. The van der Waals surface area contributed by atoms with E-state index in [4.69, 9.17) is 9.47 Å². The van der Waals surface area contributed by atoms with E-state index in [2.05, 4.69) is 13.8 Å². The van der Waals surface area contributed by atoms with Gasteiger partial charge in [-0.25, -0.2) is 0 Å². The largest absolute Gasteiger partial charge is 0.469 e. The van der Waals surface area contributed by atoms with Crippen molar-refractivity contribution < 1.29 is 14.3 Å². The lowest BCUT2D eigenvalue weighted by Crippen LogP contribution is -2.35. The van der Waals surface area contributed by atoms with E-state index < -0.39 is 0 Å². The lowest BCUT2D eigenvalue weighted by molar-refractivity contribution is -0.140. The molecule has 0 heterocycles. The maximum absolute atomic E-state index is 11.4. The summed E-state index contributed by atoms with van der Waals surface area (Å²) >= 11 is 0. The molecule has 0 aromatic heterocycles. The van der Waals surface area contributed by atoms with Crippen LogP contribution in [0.1, 0.15) is 200 Å². The summed E-state index contributed by atoms with van der Waals surface area (Å²) in [6.07, 6.45) is 39.8. The molecule has 4 unspecified atom stereocenters. The Kier molecular flexibility index (Phi) is 27.4. The summed E-state index contributed by atoms with van der Waals surface area (Å²) in [5.74, 6) is 3.90. The van der Waals surface area contributed by atoms with Gasteiger partial charge in [0.1, 0.15) is 0 Å². The maximum Gasteiger partial charge on any atom is 0.305 e. The minimum Gasteiger partial charge on any atom is -0.469 e. The Bertz CT molecular complexity index is 576. The molecule has 0 amide bonds. The van der Waals surface area contributed by atoms with E-state index in [-0.39, 0.29) is 5.97 Å². The molecule has 1 aliphatic carbocycles. The van der Waals surface area contributed by atoms with E-state index in [1.165, 1.54) is 180 Å². The predicted molar refractivity (Wildman–Crippen MR) is 183 cm³/mol. The number of methoxy groups -OCH3 is 2. The first kappa shape index (κ1) is 39.5. The molecule has 0 bridgehead atoms. The molecule has 0 aromatic carbocycles. The van der Waals surface area contributed by atoms with Gasteiger partial charge in [-0.05, 0) is 62.2 Å². The van der Waals surface area contributed by atoms with Gasteiger partial charge in [0.15, 0.2) is 0 Å². The van der Waals surface area contributed by atoms with Crippen LogP contribution in [0.15, 0.2) is 0 Å². The standard InChI is InChI=1S/C39H76O3/c1-5-7-9-21-27-35-32-33-36(28-22-17-16-19-25-31-39(40)42-4)38(37(35)29-23-10-8-6-2)30-24-18-14-12-11-13-15-20-26-34-41-3/h35-38H,5-34H2,1-4H3. The van der Waals surface area contributed by atoms with Crippen LogP contribution in [0.25, 0.3) is 0 Å². The quantitative estimate of drug-likeness (QED) is 0.0614. The third-order valence-electron chi connectivity index (χ3n) is 10.6. The van der Waals surface area contributed by atoms with Crippen molar-refractivity contribution in [3.63, 3.8) is 0 Å². The SMILES string of the molecule is CCCCCCC1CCC(CCCCCCCC(=O)OC)C(CCCCCCCCCCCOC)C1CCCCCC. The summed E-state index contributed by atoms with van der Waals surface area (Å²) in [7, 11) is 3.32. The molecular formula is C39H76O3. The fraction of sp³-hybridized carbons (Fsp3) is 0.974. The first-order valence-electron chi connectivity index (χ1n) is 19.2. The normalized spacial score (nSPS) is 20.7. The lowest BCUT2D eigenvalue weighted by Gasteiger charge is -2.44. The summed E-state index contributed by atoms with van der Waals surface area (Å²) in [6.45, 7) is 5.63. The van der Waals surface area contributed by atoms with Gasteiger partial charge in [0.2, 0.25) is 0 Å². The second-order valence-corrected chi connectivity index (χ2v) is 14.0. The highest BCUT2D eigenvalue weighted by Gasteiger charge is 2.37. The van der Waals surface area contributed by atoms with Crippen LogP contribution in [0.4, 0.5) is 0 Å². The molecule has 3 nitrogen and oxygen atoms in total. The topological polar surface area (TPSA) is 35.5 Å². The van der Waals surface area contributed by atoms with Crippen molar-refractivity contribution in [1.29, 1.82) is 0 Å². The number of esters is 1. The highest BCUT2D eigenvalue weighted by molar-refractivity contribution is 5.68. The molecule has 4 atom stereocenters. The van der Waals surface area contributed by atoms with Gasteiger partial charge in [-0.3, -0.25) is 4.79 Å². The molecule has 1 rings (SSSR count). The summed E-state index contributed by atoms with van der Waals surface area (Å²) in [5.41, 5.74) is 0. The summed E-state index contributed by atoms with van der Waals surface area (Å²) in [6, 6.07) is 0. The van der Waals surface area contributed by atoms with Crippen LogP contribution in [0.3, 0.4) is 0 Å². The van der Waals surface area contributed by atoms with Crippen molar-refractivity contribution in [2.75, 3.05) is 20.8 Å². The number of hydrogen-bond donors (Lipinski definition) is 0. The van der Waals surface area contributed by atoms with Crippen molar-refractivity contribution in [2.45, 2.75) is 200 Å². The van der Waals surface area contributed by atoms with Crippen LogP contribution in [0.5, 0.6) is 0 Å². The van der Waals surface area contributed by atoms with Crippen molar-refractivity contribution in [3.8, 4) is 0 Å². The molecule has 0 aromatic rings. The molecule has 1 saturated carbocycles. The molecule has 250 valence electrons. The zero-order valence-corrected chi connectivity index (χ0v) is 29.2. The van der Waals surface area contributed by atoms with Crippen LogP contribution in [-0.2, 0) is 14.3 Å². The zero-order chi connectivity index (χ0) is 30.5. The van der Waals surface area contributed by atoms with Crippen LogP contribution in [-0.4, -0.2) is 26.8 Å². The average molecular weight is 593 g/mol. The van der Waals surface area contributed by atoms with E-state index in [0.717, 1.165) is 36.7 Å². The van der Waals surface area contributed by atoms with Crippen molar-refractivity contribution in [2.24, 2.45) is 23.7 Å². The zero-order valence-electron chi connectivity index (χ0n) is 29.2. The number of hydrogen-bond acceptors (Lipinski definition) is 3. The molecule has 1 aliphatic rings. The fourth-order valence-corrected chi connectivity index (χ4v) is 7.98. The average Bonchev–Trinajstić information content (AvgIpc) is 3.00. The fourth-order valence-electron chi connectivity index (χ4n) is 7.98. The van der Waals surface area contributed by atoms with Gasteiger partial charge in [0.25, 0.3) is 0 Å². The molecule has 0 spiro atoms. The van der Waals surface area contributed by atoms with E-state index in [1.807, 2.05) is 7.11 Å². The monoisotopic (exact) mass is 593 g/mol. The van der Waals surface area contributed by atoms with Crippen LogP contribution in [0, 0.1) is 23.7 Å². The smallest absolute Gasteiger partial charge is 0.305 e. The van der Waals surface area contributed by atoms with E-state index in [9.17, 15) is 4.79 Å². The minimum atomic E-state index is -0.0489. The van der Waals surface area contributed by atoms with Crippen molar-refractivity contribution >= 4 is 5.97 Å². The molecule has 0 radical (unpaired) electrons. The Labute approximate surface area is 264 Å². The van der Waals surface area contributed by atoms with Crippen LogP contribution < -0.4 is 0 Å². The second-order valence-electron chi connectivity index (χ2n) is 14.0. The number of unbranched alkanes of at least 4 members (excludes halogenated alkanes) is 18. The highest BCUT2D eigenvalue weighted by atomic mass is 16.5. The molecule has 3 heteroatoms. The molecule has 0 saturated heterocycles. The van der Waals surface area contributed by atoms with Crippen LogP contribution >= 0.6 is 0 Å². The number of carbonyl (C=O) groups is 1. The third-order valence-corrected chi connectivity index (χ3v) is 10.6. The van der Waals surface area contributed by atoms with Gasteiger partial charge in [0, 0.05) is 20.1 Å². The van der Waals surface area contributed by atoms with Gasteiger partial charge in [-0.15, -0.1) is 0 Å². The lowest BCUT2D eigenvalue weighted by atomic mass is 9.61. The molecule has 0 aliphatic heterocycles. The Hall–Kier alpha value is -0.570. The Morgan fingerprint density at radius 1 is 0.500 bits per heavy atom. The summed E-state index contributed by atoms with van der Waals surface area (Å²) in [4.78, 5) is 11.4. The summed E-state index contributed by atoms with van der Waals surface area (Å²) in [5, 5.41) is 0. The predicted octanol–water partition coefficient (Wildman–Crippen LogP) is 12.6. The van der Waals surface area contributed by atoms with Gasteiger partial charge >= 0.3 is 5.97 Å². The van der Waals surface area contributed by atoms with E-state index >= 15 is 0 Å². The van der Waals surface area contributed by atoms with Crippen LogP contribution in [0.2, 0.25) is 0 Å². The first-order valence-corrected chi connectivity index (χ1v) is 19.2. The summed E-state index contributed by atoms with van der Waals surface area (Å²) < 4.78 is 9.99. The van der Waals surface area contributed by atoms with E-state index in [0.29, 0.717) is 6.42 Å². The van der Waals surface area contributed by atoms with Crippen molar-refractivity contribution in [3.05, 3.63) is 0 Å². The van der Waals surface area contributed by atoms with Gasteiger partial charge in [-0.2, -0.15) is 0 Å². The molecular weight excluding hydrogens is 516 g/mol. The minimum absolute atomic E-state index is 0.0489. The number of rotatable bonds is 30. The van der Waals surface area contributed by atoms with E-state index in [1.54, 1.807) is 0 Å². The van der Waals surface area contributed by atoms with Gasteiger partial charge in [0.05, 0.1) is 7.11 Å². The number of carbonyl (C=O) groups excluding carboxylic acids is 1. The molecule has 0 N–H and O–H groups in total. The van der Waals surface area contributed by atoms with Gasteiger partial charge in [-0.1, -0.05) is 155 Å². The first-order chi connectivity index (χ1) is 20.7. The van der Waals surface area contributed by atoms with Gasteiger partial charge < -0.3 is 9.47 Å². The Balaban J connectivity index is 2.60. The Morgan fingerprint density at radius 2 is 0.881 bits per heavy atom. The van der Waals surface area contributed by atoms with Crippen molar-refractivity contribution in [1.82, 2.24) is 0 Å². The Morgan fingerprint density at radius 3 is 1.31 bits per heavy atom. The highest BCUT2D eigenvalue weighted by Crippen LogP contribution is 2.47. The second kappa shape index (κ2) is 29.2. The number of ether oxygens (including phenoxy) is 2. The maximum atomic E-state index is 11.4. The molecule has 42 heavy (non-hydrogen) atoms.